The molecule has 0 radical (unpaired) electrons. The van der Waals surface area contributed by atoms with Crippen LogP contribution in [0, 0.1) is 6.92 Å². The van der Waals surface area contributed by atoms with Crippen LogP contribution in [0.15, 0.2) is 93.2 Å². The van der Waals surface area contributed by atoms with Gasteiger partial charge in [0.2, 0.25) is 11.7 Å². The van der Waals surface area contributed by atoms with Gasteiger partial charge in [0.15, 0.2) is 16.6 Å². The standard InChI is InChI=1S/C26H23N5O3S/c1-18-7-5-10-20(15-18)31-24(22-11-6-14-33-22)29-30-26(31)35-17-23-28-21(16-34-23)25(32)27-13-12-19-8-3-2-4-9-19/h2-11,14-16H,12-13,17H2,1H3,(H,27,32). The average Bonchev–Trinajstić information content (AvgIpc) is 3.64. The van der Waals surface area contributed by atoms with E-state index in [-0.39, 0.29) is 11.6 Å². The van der Waals surface area contributed by atoms with Crippen LogP contribution in [0.25, 0.3) is 17.3 Å². The van der Waals surface area contributed by atoms with E-state index < -0.39 is 0 Å². The number of aromatic nitrogens is 4. The Balaban J connectivity index is 1.27. The number of rotatable bonds is 9. The summed E-state index contributed by atoms with van der Waals surface area (Å²) in [4.78, 5) is 16.8. The van der Waals surface area contributed by atoms with Crippen LogP contribution in [0.5, 0.6) is 0 Å². The third kappa shape index (κ3) is 5.36. The van der Waals surface area contributed by atoms with Gasteiger partial charge in [0, 0.05) is 6.54 Å². The number of furan rings is 1. The highest BCUT2D eigenvalue weighted by Gasteiger charge is 2.19. The predicted molar refractivity (Wildman–Crippen MR) is 132 cm³/mol. The van der Waals surface area contributed by atoms with E-state index in [1.165, 1.54) is 18.0 Å². The SMILES string of the molecule is Cc1cccc(-n2c(SCc3nc(C(=O)NCCc4ccccc4)co3)nnc2-c2ccco2)c1. The number of nitrogens with one attached hydrogen (secondary N) is 1. The van der Waals surface area contributed by atoms with E-state index in [2.05, 4.69) is 26.6 Å². The van der Waals surface area contributed by atoms with Crippen molar-refractivity contribution in [3.63, 3.8) is 0 Å². The van der Waals surface area contributed by atoms with Crippen LogP contribution in [-0.2, 0) is 12.2 Å². The van der Waals surface area contributed by atoms with E-state index >= 15 is 0 Å². The number of hydrogen-bond acceptors (Lipinski definition) is 7. The lowest BCUT2D eigenvalue weighted by molar-refractivity contribution is 0.0949. The Bertz CT molecular complexity index is 1410. The van der Waals surface area contributed by atoms with Crippen molar-refractivity contribution >= 4 is 17.7 Å². The zero-order chi connectivity index (χ0) is 24.0. The molecule has 3 heterocycles. The number of thioether (sulfide) groups is 1. The van der Waals surface area contributed by atoms with Crippen LogP contribution in [0.1, 0.15) is 27.5 Å². The monoisotopic (exact) mass is 485 g/mol. The molecule has 0 aliphatic heterocycles. The zero-order valence-corrected chi connectivity index (χ0v) is 19.9. The highest BCUT2D eigenvalue weighted by Crippen LogP contribution is 2.30. The normalized spacial score (nSPS) is 11.0. The van der Waals surface area contributed by atoms with Crippen LogP contribution in [-0.4, -0.2) is 32.2 Å². The number of carbonyl (C=O) groups excluding carboxylic acids is 1. The number of nitrogens with zero attached hydrogens (tertiary/aromatic N) is 4. The number of benzene rings is 2. The summed E-state index contributed by atoms with van der Waals surface area (Å²) in [5.74, 6) is 1.79. The van der Waals surface area contributed by atoms with Crippen molar-refractivity contribution < 1.29 is 13.6 Å². The Morgan fingerprint density at radius 1 is 1.03 bits per heavy atom. The van der Waals surface area contributed by atoms with Gasteiger partial charge in [-0.15, -0.1) is 10.2 Å². The largest absolute Gasteiger partial charge is 0.461 e. The second kappa shape index (κ2) is 10.4. The van der Waals surface area contributed by atoms with Crippen LogP contribution in [0.2, 0.25) is 0 Å². The van der Waals surface area contributed by atoms with Gasteiger partial charge < -0.3 is 14.2 Å². The van der Waals surface area contributed by atoms with Crippen molar-refractivity contribution in [2.75, 3.05) is 6.54 Å². The van der Waals surface area contributed by atoms with Gasteiger partial charge in [0.1, 0.15) is 6.26 Å². The molecule has 0 saturated heterocycles. The first-order valence-corrected chi connectivity index (χ1v) is 12.1. The van der Waals surface area contributed by atoms with Crippen molar-refractivity contribution in [2.45, 2.75) is 24.3 Å². The molecule has 0 bridgehead atoms. The second-order valence-electron chi connectivity index (χ2n) is 7.86. The molecule has 2 aromatic carbocycles. The summed E-state index contributed by atoms with van der Waals surface area (Å²) in [5.41, 5.74) is 3.46. The Morgan fingerprint density at radius 2 is 1.91 bits per heavy atom. The summed E-state index contributed by atoms with van der Waals surface area (Å²) >= 11 is 1.42. The van der Waals surface area contributed by atoms with E-state index in [1.54, 1.807) is 6.26 Å². The van der Waals surface area contributed by atoms with E-state index in [9.17, 15) is 4.79 Å². The fourth-order valence-electron chi connectivity index (χ4n) is 3.59. The van der Waals surface area contributed by atoms with Gasteiger partial charge in [-0.05, 0) is 48.7 Å². The maximum atomic E-state index is 12.5. The van der Waals surface area contributed by atoms with Crippen molar-refractivity contribution in [1.82, 2.24) is 25.1 Å². The smallest absolute Gasteiger partial charge is 0.273 e. The molecule has 3 aromatic heterocycles. The first-order valence-electron chi connectivity index (χ1n) is 11.1. The summed E-state index contributed by atoms with van der Waals surface area (Å²) in [7, 11) is 0. The Labute approximate surface area is 206 Å². The molecule has 5 rings (SSSR count). The second-order valence-corrected chi connectivity index (χ2v) is 8.81. The van der Waals surface area contributed by atoms with Crippen LogP contribution in [0.3, 0.4) is 0 Å². The van der Waals surface area contributed by atoms with E-state index in [0.717, 1.165) is 23.2 Å². The number of carbonyl (C=O) groups is 1. The third-order valence-electron chi connectivity index (χ3n) is 5.29. The molecule has 176 valence electrons. The van der Waals surface area contributed by atoms with Crippen molar-refractivity contribution in [1.29, 1.82) is 0 Å². The Hall–Kier alpha value is -4.11. The molecule has 1 amide bonds. The van der Waals surface area contributed by atoms with Gasteiger partial charge in [-0.2, -0.15) is 0 Å². The maximum Gasteiger partial charge on any atom is 0.273 e. The van der Waals surface area contributed by atoms with Gasteiger partial charge in [0.25, 0.3) is 5.91 Å². The predicted octanol–water partition coefficient (Wildman–Crippen LogP) is 5.09. The summed E-state index contributed by atoms with van der Waals surface area (Å²) in [6.07, 6.45) is 3.74. The molecule has 0 aliphatic rings. The minimum Gasteiger partial charge on any atom is -0.461 e. The number of hydrogen-bond donors (Lipinski definition) is 1. The van der Waals surface area contributed by atoms with Gasteiger partial charge in [-0.3, -0.25) is 9.36 Å². The van der Waals surface area contributed by atoms with Crippen LogP contribution >= 0.6 is 11.8 Å². The molecule has 0 spiro atoms. The minimum absolute atomic E-state index is 0.255. The topological polar surface area (TPSA) is 99.0 Å². The highest BCUT2D eigenvalue weighted by atomic mass is 32.2. The molecule has 0 fully saturated rings. The molecule has 0 atom stereocenters. The van der Waals surface area contributed by atoms with Gasteiger partial charge in [-0.1, -0.05) is 54.2 Å². The van der Waals surface area contributed by atoms with Gasteiger partial charge >= 0.3 is 0 Å². The molecule has 8 nitrogen and oxygen atoms in total. The number of oxazole rings is 1. The molecular formula is C26H23N5O3S. The van der Waals surface area contributed by atoms with E-state index in [0.29, 0.717) is 34.9 Å². The fraction of sp³-hybridized carbons (Fsp3) is 0.154. The summed E-state index contributed by atoms with van der Waals surface area (Å²) < 4.78 is 13.1. The van der Waals surface area contributed by atoms with E-state index in [1.807, 2.05) is 72.2 Å². The van der Waals surface area contributed by atoms with Crippen molar-refractivity contribution in [3.8, 4) is 17.3 Å². The lowest BCUT2D eigenvalue weighted by Crippen LogP contribution is -2.26. The lowest BCUT2D eigenvalue weighted by Gasteiger charge is -2.09. The first kappa shape index (κ1) is 22.7. The van der Waals surface area contributed by atoms with Crippen molar-refractivity contribution in [2.24, 2.45) is 0 Å². The third-order valence-corrected chi connectivity index (χ3v) is 6.20. The van der Waals surface area contributed by atoms with E-state index in [4.69, 9.17) is 8.83 Å². The van der Waals surface area contributed by atoms with Crippen LogP contribution in [0.4, 0.5) is 0 Å². The van der Waals surface area contributed by atoms with Crippen LogP contribution < -0.4 is 5.32 Å². The molecular weight excluding hydrogens is 462 g/mol. The Morgan fingerprint density at radius 3 is 2.71 bits per heavy atom. The average molecular weight is 486 g/mol. The quantitative estimate of drug-likeness (QED) is 0.290. The molecule has 0 unspecified atom stereocenters. The molecule has 1 N–H and O–H groups in total. The summed E-state index contributed by atoms with van der Waals surface area (Å²) in [5, 5.41) is 12.3. The maximum absolute atomic E-state index is 12.5. The number of aryl methyl sites for hydroxylation is 1. The highest BCUT2D eigenvalue weighted by molar-refractivity contribution is 7.98. The number of amides is 1. The zero-order valence-electron chi connectivity index (χ0n) is 19.0. The Kier molecular flexibility index (Phi) is 6.76. The van der Waals surface area contributed by atoms with Gasteiger partial charge in [0.05, 0.1) is 17.7 Å². The molecule has 35 heavy (non-hydrogen) atoms. The summed E-state index contributed by atoms with van der Waals surface area (Å²) in [6.45, 7) is 2.56. The fourth-order valence-corrected chi connectivity index (χ4v) is 4.40. The first-order chi connectivity index (χ1) is 17.2. The molecule has 0 saturated carbocycles. The molecule has 5 aromatic rings. The minimum atomic E-state index is -0.260. The van der Waals surface area contributed by atoms with Crippen molar-refractivity contribution in [3.05, 3.63) is 102 Å². The summed E-state index contributed by atoms with van der Waals surface area (Å²) in [6, 6.07) is 21.7. The molecule has 0 aliphatic carbocycles. The van der Waals surface area contributed by atoms with Gasteiger partial charge in [-0.25, -0.2) is 4.98 Å². The molecule has 9 heteroatoms. The lowest BCUT2D eigenvalue weighted by atomic mass is 10.1.